The molecule has 0 aliphatic heterocycles. The van der Waals surface area contributed by atoms with Crippen LogP contribution in [0.15, 0.2) is 56.4 Å². The fourth-order valence-electron chi connectivity index (χ4n) is 3.72. The summed E-state index contributed by atoms with van der Waals surface area (Å²) in [5.74, 6) is -0.614. The van der Waals surface area contributed by atoms with Crippen molar-refractivity contribution in [3.8, 4) is 5.75 Å². The number of azo groups is 1. The number of aryl methyl sites for hydroxylation is 2. The molecule has 0 aliphatic carbocycles. The first-order valence-electron chi connectivity index (χ1n) is 11.0. The standard InChI is InChI=1S/C23H28N4O8S3/c1-13-11-19(38(33,34)35)14(2)10-17(13)24-25-18-12-20(37(31,32)27-23(3,4)5)22(28)15-8-7-9-16(21(15)18)26-36(6,29)30/h7-12,26-28H,1-6H3,(H,33,34,35). The van der Waals surface area contributed by atoms with Crippen molar-refractivity contribution in [1.82, 2.24) is 4.72 Å². The quantitative estimate of drug-likeness (QED) is 0.234. The Hall–Kier alpha value is -3.11. The predicted octanol–water partition coefficient (Wildman–Crippen LogP) is 4.27. The summed E-state index contributed by atoms with van der Waals surface area (Å²) in [6.45, 7) is 7.86. The largest absolute Gasteiger partial charge is 0.506 e. The summed E-state index contributed by atoms with van der Waals surface area (Å²) in [5.41, 5.74) is -0.204. The van der Waals surface area contributed by atoms with Gasteiger partial charge in [-0.05, 0) is 70.0 Å². The molecule has 0 radical (unpaired) electrons. The van der Waals surface area contributed by atoms with Crippen LogP contribution in [0.5, 0.6) is 5.75 Å². The van der Waals surface area contributed by atoms with E-state index in [-0.39, 0.29) is 38.3 Å². The third-order valence-electron chi connectivity index (χ3n) is 5.14. The number of fused-ring (bicyclic) bond motifs is 1. The molecule has 0 spiro atoms. The first-order valence-corrected chi connectivity index (χ1v) is 15.8. The van der Waals surface area contributed by atoms with Crippen molar-refractivity contribution in [2.24, 2.45) is 10.2 Å². The second-order valence-corrected chi connectivity index (χ2v) is 14.6. The molecule has 0 bridgehead atoms. The van der Waals surface area contributed by atoms with Gasteiger partial charge in [-0.25, -0.2) is 21.6 Å². The topological polar surface area (TPSA) is 192 Å². The van der Waals surface area contributed by atoms with Gasteiger partial charge >= 0.3 is 0 Å². The Morgan fingerprint density at radius 2 is 1.45 bits per heavy atom. The molecule has 206 valence electrons. The van der Waals surface area contributed by atoms with Crippen molar-refractivity contribution in [1.29, 1.82) is 0 Å². The number of rotatable bonds is 7. The Kier molecular flexibility index (Phi) is 7.66. The van der Waals surface area contributed by atoms with Crippen LogP contribution in [-0.4, -0.2) is 46.7 Å². The summed E-state index contributed by atoms with van der Waals surface area (Å²) < 4.78 is 87.7. The summed E-state index contributed by atoms with van der Waals surface area (Å²) in [6.07, 6.45) is 0.932. The minimum absolute atomic E-state index is 0.000918. The molecule has 0 saturated heterocycles. The van der Waals surface area contributed by atoms with Crippen LogP contribution in [0.4, 0.5) is 17.1 Å². The summed E-state index contributed by atoms with van der Waals surface area (Å²) >= 11 is 0. The van der Waals surface area contributed by atoms with E-state index in [0.717, 1.165) is 12.3 Å². The number of anilines is 1. The fraction of sp³-hybridized carbons (Fsp3) is 0.304. The van der Waals surface area contributed by atoms with Gasteiger partial charge in [0, 0.05) is 16.3 Å². The zero-order chi connectivity index (χ0) is 28.8. The lowest BCUT2D eigenvalue weighted by atomic mass is 10.1. The van der Waals surface area contributed by atoms with Crippen molar-refractivity contribution in [2.75, 3.05) is 11.0 Å². The van der Waals surface area contributed by atoms with Gasteiger partial charge in [-0.2, -0.15) is 13.5 Å². The minimum atomic E-state index is -4.47. The first kappa shape index (κ1) is 29.4. The van der Waals surface area contributed by atoms with Gasteiger partial charge in [0.15, 0.2) is 0 Å². The van der Waals surface area contributed by atoms with Crippen molar-refractivity contribution >= 4 is 58.0 Å². The number of nitrogens with one attached hydrogen (secondary N) is 2. The van der Waals surface area contributed by atoms with Crippen LogP contribution < -0.4 is 9.44 Å². The lowest BCUT2D eigenvalue weighted by molar-refractivity contribution is 0.457. The van der Waals surface area contributed by atoms with Gasteiger partial charge in [0.05, 0.1) is 28.2 Å². The monoisotopic (exact) mass is 584 g/mol. The Morgan fingerprint density at radius 3 is 2.00 bits per heavy atom. The molecule has 0 saturated carbocycles. The highest BCUT2D eigenvalue weighted by atomic mass is 32.2. The zero-order valence-corrected chi connectivity index (χ0v) is 23.9. The van der Waals surface area contributed by atoms with E-state index in [1.807, 2.05) is 0 Å². The summed E-state index contributed by atoms with van der Waals surface area (Å²) in [4.78, 5) is -0.801. The number of phenols is 1. The summed E-state index contributed by atoms with van der Waals surface area (Å²) in [6, 6.07) is 7.92. The molecule has 15 heteroatoms. The Bertz CT molecular complexity index is 1790. The molecule has 3 aromatic rings. The number of sulfonamides is 2. The van der Waals surface area contributed by atoms with Crippen molar-refractivity contribution in [3.63, 3.8) is 0 Å². The maximum absolute atomic E-state index is 13.1. The Balaban J connectivity index is 2.35. The van der Waals surface area contributed by atoms with E-state index < -0.39 is 46.3 Å². The molecular weight excluding hydrogens is 556 g/mol. The number of benzene rings is 3. The van der Waals surface area contributed by atoms with E-state index >= 15 is 0 Å². The van der Waals surface area contributed by atoms with Gasteiger partial charge in [-0.1, -0.05) is 12.1 Å². The van der Waals surface area contributed by atoms with Crippen LogP contribution in [0.25, 0.3) is 10.8 Å². The molecule has 38 heavy (non-hydrogen) atoms. The molecule has 0 aliphatic rings. The average Bonchev–Trinajstić information content (AvgIpc) is 2.71. The Morgan fingerprint density at radius 1 is 0.842 bits per heavy atom. The van der Waals surface area contributed by atoms with Gasteiger partial charge in [0.1, 0.15) is 10.6 Å². The normalized spacial score (nSPS) is 13.3. The van der Waals surface area contributed by atoms with Crippen LogP contribution >= 0.6 is 0 Å². The smallest absolute Gasteiger partial charge is 0.294 e. The third-order valence-corrected chi connectivity index (χ3v) is 8.50. The average molecular weight is 585 g/mol. The maximum atomic E-state index is 13.1. The molecule has 4 N–H and O–H groups in total. The first-order chi connectivity index (χ1) is 17.2. The van der Waals surface area contributed by atoms with Crippen LogP contribution in [0.1, 0.15) is 31.9 Å². The van der Waals surface area contributed by atoms with Crippen LogP contribution in [0.2, 0.25) is 0 Å². The molecule has 3 aromatic carbocycles. The zero-order valence-electron chi connectivity index (χ0n) is 21.4. The summed E-state index contributed by atoms with van der Waals surface area (Å²) in [7, 11) is -12.5. The van der Waals surface area contributed by atoms with E-state index in [9.17, 15) is 34.9 Å². The third kappa shape index (κ3) is 6.66. The molecule has 3 rings (SSSR count). The molecule has 12 nitrogen and oxygen atoms in total. The number of hydrogen-bond acceptors (Lipinski definition) is 9. The molecule has 0 amide bonds. The highest BCUT2D eigenvalue weighted by Crippen LogP contribution is 2.43. The van der Waals surface area contributed by atoms with Crippen molar-refractivity contribution in [3.05, 3.63) is 47.5 Å². The number of aromatic hydroxyl groups is 1. The van der Waals surface area contributed by atoms with Crippen LogP contribution in [-0.2, 0) is 30.2 Å². The summed E-state index contributed by atoms with van der Waals surface area (Å²) in [5, 5.41) is 19.4. The van der Waals surface area contributed by atoms with Gasteiger partial charge in [0.25, 0.3) is 10.1 Å². The number of phenolic OH excluding ortho intramolecular Hbond substituents is 1. The van der Waals surface area contributed by atoms with Gasteiger partial charge < -0.3 is 5.11 Å². The van der Waals surface area contributed by atoms with E-state index in [4.69, 9.17) is 0 Å². The fourth-order valence-corrected chi connectivity index (χ4v) is 6.63. The molecule has 0 unspecified atom stereocenters. The second kappa shape index (κ2) is 9.89. The van der Waals surface area contributed by atoms with Crippen LogP contribution in [0, 0.1) is 13.8 Å². The second-order valence-electron chi connectivity index (χ2n) is 9.78. The lowest BCUT2D eigenvalue weighted by Gasteiger charge is -2.21. The number of hydrogen-bond donors (Lipinski definition) is 4. The highest BCUT2D eigenvalue weighted by molar-refractivity contribution is 7.92. The Labute approximate surface area is 221 Å². The molecule has 0 fully saturated rings. The SMILES string of the molecule is Cc1cc(S(=O)(=O)O)c(C)cc1N=Nc1cc(S(=O)(=O)NC(C)(C)C)c(O)c2cccc(NS(C)(=O)=O)c12. The van der Waals surface area contributed by atoms with Crippen molar-refractivity contribution < 1.29 is 34.9 Å². The molecule has 0 heterocycles. The van der Waals surface area contributed by atoms with Crippen molar-refractivity contribution in [2.45, 2.75) is 49.9 Å². The minimum Gasteiger partial charge on any atom is -0.506 e. The van der Waals surface area contributed by atoms with Gasteiger partial charge in [-0.15, -0.1) is 5.11 Å². The predicted molar refractivity (Wildman–Crippen MR) is 144 cm³/mol. The van der Waals surface area contributed by atoms with Crippen LogP contribution in [0.3, 0.4) is 0 Å². The van der Waals surface area contributed by atoms with E-state index in [0.29, 0.717) is 5.56 Å². The molecule has 0 aromatic heterocycles. The molecular formula is C23H28N4O8S3. The van der Waals surface area contributed by atoms with E-state index in [2.05, 4.69) is 19.7 Å². The van der Waals surface area contributed by atoms with E-state index in [1.54, 1.807) is 20.8 Å². The number of nitrogens with zero attached hydrogens (tertiary/aromatic N) is 2. The lowest BCUT2D eigenvalue weighted by Crippen LogP contribution is -2.40. The van der Waals surface area contributed by atoms with Gasteiger partial charge in [-0.3, -0.25) is 9.27 Å². The molecule has 0 atom stereocenters. The maximum Gasteiger partial charge on any atom is 0.294 e. The van der Waals surface area contributed by atoms with Gasteiger partial charge in [0.2, 0.25) is 20.0 Å². The highest BCUT2D eigenvalue weighted by Gasteiger charge is 2.28. The van der Waals surface area contributed by atoms with E-state index in [1.165, 1.54) is 44.2 Å².